The SMILES string of the molecule is Cc1cc(NCc2ccc(N3CCOCC3)cc2C(F)(F)F)c(C#N)c(C)n1. The Balaban J connectivity index is 1.89. The van der Waals surface area contributed by atoms with Gasteiger partial charge in [0.1, 0.15) is 6.07 Å². The quantitative estimate of drug-likeness (QED) is 0.854. The maximum atomic E-state index is 13.7. The third kappa shape index (κ3) is 4.37. The van der Waals surface area contributed by atoms with Gasteiger partial charge in [0.15, 0.2) is 0 Å². The number of pyridine rings is 1. The Morgan fingerprint density at radius 1 is 1.21 bits per heavy atom. The number of aryl methyl sites for hydroxylation is 2. The summed E-state index contributed by atoms with van der Waals surface area (Å²) in [5, 5.41) is 12.3. The minimum atomic E-state index is -4.47. The number of anilines is 2. The first-order valence-electron chi connectivity index (χ1n) is 8.94. The van der Waals surface area contributed by atoms with Crippen molar-refractivity contribution in [3.05, 3.63) is 52.3 Å². The number of ether oxygens (including phenoxy) is 1. The molecule has 0 aliphatic carbocycles. The second-order valence-corrected chi connectivity index (χ2v) is 6.68. The molecule has 5 nitrogen and oxygen atoms in total. The number of halogens is 3. The van der Waals surface area contributed by atoms with Crippen molar-refractivity contribution in [3.63, 3.8) is 0 Å². The van der Waals surface area contributed by atoms with Gasteiger partial charge in [0.2, 0.25) is 0 Å². The van der Waals surface area contributed by atoms with E-state index < -0.39 is 11.7 Å². The Morgan fingerprint density at radius 2 is 1.93 bits per heavy atom. The van der Waals surface area contributed by atoms with Crippen LogP contribution in [0.15, 0.2) is 24.3 Å². The van der Waals surface area contributed by atoms with E-state index in [9.17, 15) is 18.4 Å². The first-order chi connectivity index (χ1) is 13.3. The highest BCUT2D eigenvalue weighted by Gasteiger charge is 2.34. The average Bonchev–Trinajstić information content (AvgIpc) is 2.66. The maximum Gasteiger partial charge on any atom is 0.416 e. The van der Waals surface area contributed by atoms with Gasteiger partial charge in [0.05, 0.1) is 35.7 Å². The second kappa shape index (κ2) is 8.07. The van der Waals surface area contributed by atoms with Crippen molar-refractivity contribution in [3.8, 4) is 6.07 Å². The van der Waals surface area contributed by atoms with Crippen molar-refractivity contribution in [2.75, 3.05) is 36.5 Å². The molecule has 0 saturated carbocycles. The number of nitrogens with one attached hydrogen (secondary N) is 1. The van der Waals surface area contributed by atoms with Gasteiger partial charge < -0.3 is 15.0 Å². The average molecular weight is 390 g/mol. The van der Waals surface area contributed by atoms with Gasteiger partial charge in [-0.1, -0.05) is 6.07 Å². The molecule has 148 valence electrons. The number of aromatic nitrogens is 1. The standard InChI is InChI=1S/C20H21F3N4O/c1-13-9-19(17(11-24)14(2)26-13)25-12-15-3-4-16(10-18(15)20(21,22)23)27-5-7-28-8-6-27/h3-4,9-10H,5-8,12H2,1-2H3,(H,25,26). The van der Waals surface area contributed by atoms with E-state index in [0.29, 0.717) is 54.6 Å². The molecule has 1 N–H and O–H groups in total. The molecular weight excluding hydrogens is 369 g/mol. The molecule has 0 bridgehead atoms. The Morgan fingerprint density at radius 3 is 2.57 bits per heavy atom. The van der Waals surface area contributed by atoms with Gasteiger partial charge in [-0.3, -0.25) is 4.98 Å². The van der Waals surface area contributed by atoms with Crippen molar-refractivity contribution in [1.29, 1.82) is 5.26 Å². The summed E-state index contributed by atoms with van der Waals surface area (Å²) in [7, 11) is 0. The Bertz CT molecular complexity index is 900. The molecule has 0 radical (unpaired) electrons. The van der Waals surface area contributed by atoms with Gasteiger partial charge in [-0.15, -0.1) is 0 Å². The maximum absolute atomic E-state index is 13.7. The fourth-order valence-corrected chi connectivity index (χ4v) is 3.30. The Kier molecular flexibility index (Phi) is 5.75. The minimum absolute atomic E-state index is 0.0458. The molecule has 1 aliphatic rings. The van der Waals surface area contributed by atoms with Crippen LogP contribution in [0.4, 0.5) is 24.5 Å². The molecule has 0 amide bonds. The first-order valence-corrected chi connectivity index (χ1v) is 8.94. The lowest BCUT2D eigenvalue weighted by molar-refractivity contribution is -0.138. The van der Waals surface area contributed by atoms with E-state index >= 15 is 0 Å². The molecule has 1 fully saturated rings. The fraction of sp³-hybridized carbons (Fsp3) is 0.400. The van der Waals surface area contributed by atoms with E-state index in [-0.39, 0.29) is 12.1 Å². The third-order valence-electron chi connectivity index (χ3n) is 4.68. The normalized spacial score (nSPS) is 14.6. The summed E-state index contributed by atoms with van der Waals surface area (Å²) in [6, 6.07) is 8.11. The topological polar surface area (TPSA) is 61.2 Å². The molecule has 1 saturated heterocycles. The molecule has 1 aromatic carbocycles. The van der Waals surface area contributed by atoms with Gasteiger partial charge in [0.25, 0.3) is 0 Å². The molecular formula is C20H21F3N4O. The van der Waals surface area contributed by atoms with Crippen LogP contribution >= 0.6 is 0 Å². The van der Waals surface area contributed by atoms with Crippen molar-refractivity contribution < 1.29 is 17.9 Å². The number of nitrogens with zero attached hydrogens (tertiary/aromatic N) is 3. The van der Waals surface area contributed by atoms with E-state index in [1.165, 1.54) is 12.1 Å². The predicted molar refractivity (Wildman–Crippen MR) is 100 cm³/mol. The molecule has 8 heteroatoms. The van der Waals surface area contributed by atoms with Crippen LogP contribution in [0.5, 0.6) is 0 Å². The number of morpholine rings is 1. The van der Waals surface area contributed by atoms with E-state index in [0.717, 1.165) is 0 Å². The number of alkyl halides is 3. The summed E-state index contributed by atoms with van der Waals surface area (Å²) in [6.07, 6.45) is -4.47. The van der Waals surface area contributed by atoms with Crippen molar-refractivity contribution >= 4 is 11.4 Å². The minimum Gasteiger partial charge on any atom is -0.380 e. The van der Waals surface area contributed by atoms with E-state index in [2.05, 4.69) is 16.4 Å². The summed E-state index contributed by atoms with van der Waals surface area (Å²) >= 11 is 0. The van der Waals surface area contributed by atoms with E-state index in [1.54, 1.807) is 26.0 Å². The zero-order valence-electron chi connectivity index (χ0n) is 15.7. The van der Waals surface area contributed by atoms with Gasteiger partial charge >= 0.3 is 6.18 Å². The zero-order chi connectivity index (χ0) is 20.3. The smallest absolute Gasteiger partial charge is 0.380 e. The first kappa shape index (κ1) is 20.0. The predicted octanol–water partition coefficient (Wildman–Crippen LogP) is 4.04. The van der Waals surface area contributed by atoms with Crippen molar-refractivity contribution in [2.45, 2.75) is 26.6 Å². The number of nitriles is 1. The third-order valence-corrected chi connectivity index (χ3v) is 4.68. The highest BCUT2D eigenvalue weighted by Crippen LogP contribution is 2.35. The summed E-state index contributed by atoms with van der Waals surface area (Å²) in [5.74, 6) is 0. The lowest BCUT2D eigenvalue weighted by atomic mass is 10.0. The molecule has 2 aromatic rings. The van der Waals surface area contributed by atoms with Gasteiger partial charge in [-0.2, -0.15) is 18.4 Å². The van der Waals surface area contributed by atoms with E-state index in [1.807, 2.05) is 4.90 Å². The molecule has 1 aliphatic heterocycles. The van der Waals surface area contributed by atoms with Crippen LogP contribution in [0.3, 0.4) is 0 Å². The van der Waals surface area contributed by atoms with Crippen LogP contribution in [-0.2, 0) is 17.5 Å². The van der Waals surface area contributed by atoms with Crippen LogP contribution in [0.1, 0.15) is 28.1 Å². The van der Waals surface area contributed by atoms with Crippen molar-refractivity contribution in [1.82, 2.24) is 4.98 Å². The molecule has 2 heterocycles. The molecule has 0 unspecified atom stereocenters. The number of hydrogen-bond acceptors (Lipinski definition) is 5. The van der Waals surface area contributed by atoms with Crippen LogP contribution in [0.25, 0.3) is 0 Å². The molecule has 1 aromatic heterocycles. The summed E-state index contributed by atoms with van der Waals surface area (Å²) in [4.78, 5) is 6.11. The summed E-state index contributed by atoms with van der Waals surface area (Å²) in [5.41, 5.74) is 2.04. The Labute approximate surface area is 161 Å². The highest BCUT2D eigenvalue weighted by atomic mass is 19.4. The summed E-state index contributed by atoms with van der Waals surface area (Å²) in [6.45, 7) is 5.57. The fourth-order valence-electron chi connectivity index (χ4n) is 3.30. The largest absolute Gasteiger partial charge is 0.416 e. The zero-order valence-corrected chi connectivity index (χ0v) is 15.7. The molecule has 0 atom stereocenters. The number of rotatable bonds is 4. The van der Waals surface area contributed by atoms with Crippen LogP contribution in [0, 0.1) is 25.2 Å². The number of benzene rings is 1. The monoisotopic (exact) mass is 390 g/mol. The van der Waals surface area contributed by atoms with E-state index in [4.69, 9.17) is 4.74 Å². The highest BCUT2D eigenvalue weighted by molar-refractivity contribution is 5.60. The van der Waals surface area contributed by atoms with Gasteiger partial charge in [0, 0.05) is 31.0 Å². The summed E-state index contributed by atoms with van der Waals surface area (Å²) < 4.78 is 46.3. The van der Waals surface area contributed by atoms with Crippen LogP contribution < -0.4 is 10.2 Å². The lowest BCUT2D eigenvalue weighted by Gasteiger charge is -2.29. The van der Waals surface area contributed by atoms with Crippen LogP contribution in [0.2, 0.25) is 0 Å². The number of hydrogen-bond donors (Lipinski definition) is 1. The molecule has 3 rings (SSSR count). The Hall–Kier alpha value is -2.79. The van der Waals surface area contributed by atoms with Gasteiger partial charge in [-0.05, 0) is 37.6 Å². The second-order valence-electron chi connectivity index (χ2n) is 6.68. The van der Waals surface area contributed by atoms with Crippen LogP contribution in [-0.4, -0.2) is 31.3 Å². The van der Waals surface area contributed by atoms with Gasteiger partial charge in [-0.25, -0.2) is 0 Å². The molecule has 28 heavy (non-hydrogen) atoms. The van der Waals surface area contributed by atoms with Crippen molar-refractivity contribution in [2.24, 2.45) is 0 Å². The lowest BCUT2D eigenvalue weighted by Crippen LogP contribution is -2.36. The molecule has 0 spiro atoms.